The van der Waals surface area contributed by atoms with Gasteiger partial charge in [0.1, 0.15) is 5.60 Å². The van der Waals surface area contributed by atoms with E-state index in [1.54, 1.807) is 0 Å². The molecule has 0 spiro atoms. The van der Waals surface area contributed by atoms with Gasteiger partial charge < -0.3 is 15.2 Å². The van der Waals surface area contributed by atoms with E-state index in [2.05, 4.69) is 11.9 Å². The minimum absolute atomic E-state index is 0.0796. The van der Waals surface area contributed by atoms with Crippen LogP contribution in [0.2, 0.25) is 0 Å². The summed E-state index contributed by atoms with van der Waals surface area (Å²) in [5.74, 6) is -0.804. The zero-order valence-electron chi connectivity index (χ0n) is 8.51. The van der Waals surface area contributed by atoms with E-state index in [9.17, 15) is 4.79 Å². The number of carboxylic acid groups (broad SMARTS) is 1. The molecule has 0 aromatic carbocycles. The van der Waals surface area contributed by atoms with Crippen molar-refractivity contribution in [2.75, 3.05) is 19.7 Å². The second kappa shape index (κ2) is 4.57. The van der Waals surface area contributed by atoms with Crippen LogP contribution in [-0.4, -0.2) is 36.4 Å². The fraction of sp³-hybridized carbons (Fsp3) is 0.700. The molecular formula is C10H17NO3. The van der Waals surface area contributed by atoms with Crippen molar-refractivity contribution in [3.05, 3.63) is 12.2 Å². The van der Waals surface area contributed by atoms with E-state index < -0.39 is 11.6 Å². The maximum atomic E-state index is 10.6. The molecule has 0 aromatic heterocycles. The van der Waals surface area contributed by atoms with Gasteiger partial charge >= 0.3 is 5.97 Å². The molecule has 1 aliphatic heterocycles. The van der Waals surface area contributed by atoms with Crippen LogP contribution in [0.1, 0.15) is 19.8 Å². The minimum atomic E-state index is -0.804. The van der Waals surface area contributed by atoms with Crippen molar-refractivity contribution in [1.29, 1.82) is 0 Å². The summed E-state index contributed by atoms with van der Waals surface area (Å²) in [5, 5.41) is 11.7. The van der Waals surface area contributed by atoms with Crippen molar-refractivity contribution >= 4 is 5.97 Å². The molecular weight excluding hydrogens is 182 g/mol. The molecule has 0 atom stereocenters. The highest BCUT2D eigenvalue weighted by Crippen LogP contribution is 2.21. The summed E-state index contributed by atoms with van der Waals surface area (Å²) in [6.45, 7) is 7.53. The Labute approximate surface area is 83.9 Å². The number of hydrogen-bond acceptors (Lipinski definition) is 3. The zero-order valence-corrected chi connectivity index (χ0v) is 8.51. The third kappa shape index (κ3) is 3.12. The first kappa shape index (κ1) is 11.2. The van der Waals surface area contributed by atoms with Crippen LogP contribution in [0.15, 0.2) is 12.2 Å². The highest BCUT2D eigenvalue weighted by Gasteiger charge is 2.39. The molecule has 1 heterocycles. The number of ether oxygens (including phenoxy) is 1. The Morgan fingerprint density at radius 1 is 1.64 bits per heavy atom. The first-order chi connectivity index (χ1) is 6.54. The molecule has 80 valence electrons. The van der Waals surface area contributed by atoms with Crippen molar-refractivity contribution in [3.8, 4) is 0 Å². The summed E-state index contributed by atoms with van der Waals surface area (Å²) >= 11 is 0. The van der Waals surface area contributed by atoms with Gasteiger partial charge in [-0.2, -0.15) is 0 Å². The van der Waals surface area contributed by atoms with Crippen LogP contribution in [0, 0.1) is 0 Å². The lowest BCUT2D eigenvalue weighted by Crippen LogP contribution is -2.62. The van der Waals surface area contributed by atoms with Gasteiger partial charge in [0.25, 0.3) is 0 Å². The quantitative estimate of drug-likeness (QED) is 0.621. The molecule has 0 aliphatic carbocycles. The molecule has 2 N–H and O–H groups in total. The Balaban J connectivity index is 2.30. The van der Waals surface area contributed by atoms with Gasteiger partial charge in [0.2, 0.25) is 0 Å². The summed E-state index contributed by atoms with van der Waals surface area (Å²) in [5.41, 5.74) is 0.587. The smallest absolute Gasteiger partial charge is 0.306 e. The average Bonchev–Trinajstić information content (AvgIpc) is 1.98. The van der Waals surface area contributed by atoms with Crippen LogP contribution in [0.3, 0.4) is 0 Å². The third-order valence-electron chi connectivity index (χ3n) is 2.30. The second-order valence-electron chi connectivity index (χ2n) is 3.91. The van der Waals surface area contributed by atoms with Crippen molar-refractivity contribution in [2.24, 2.45) is 0 Å². The number of nitrogens with one attached hydrogen (secondary N) is 1. The Morgan fingerprint density at radius 2 is 2.29 bits per heavy atom. The van der Waals surface area contributed by atoms with Gasteiger partial charge in [0.05, 0.1) is 13.0 Å². The summed E-state index contributed by atoms with van der Waals surface area (Å²) in [7, 11) is 0. The Hall–Kier alpha value is -0.870. The van der Waals surface area contributed by atoms with Gasteiger partial charge in [-0.25, -0.2) is 0 Å². The van der Waals surface area contributed by atoms with Crippen LogP contribution < -0.4 is 5.32 Å². The Morgan fingerprint density at radius 3 is 2.64 bits per heavy atom. The number of aliphatic carboxylic acids is 1. The highest BCUT2D eigenvalue weighted by atomic mass is 16.5. The first-order valence-corrected chi connectivity index (χ1v) is 4.75. The van der Waals surface area contributed by atoms with Crippen molar-refractivity contribution in [3.63, 3.8) is 0 Å². The monoisotopic (exact) mass is 199 g/mol. The molecule has 4 nitrogen and oxygen atoms in total. The van der Waals surface area contributed by atoms with E-state index in [0.717, 1.165) is 12.0 Å². The molecule has 4 heteroatoms. The molecule has 0 amide bonds. The summed E-state index contributed by atoms with van der Waals surface area (Å²) in [6.07, 6.45) is 0.873. The van der Waals surface area contributed by atoms with E-state index in [1.807, 2.05) is 6.92 Å². The van der Waals surface area contributed by atoms with Gasteiger partial charge in [0, 0.05) is 13.1 Å². The predicted octanol–water partition coefficient (Wildman–Crippen LogP) is 0.786. The fourth-order valence-corrected chi connectivity index (χ4v) is 1.40. The molecule has 1 saturated heterocycles. The molecule has 0 aromatic rings. The van der Waals surface area contributed by atoms with Crippen LogP contribution in [0.4, 0.5) is 0 Å². The maximum Gasteiger partial charge on any atom is 0.306 e. The zero-order chi connectivity index (χ0) is 10.6. The van der Waals surface area contributed by atoms with Crippen LogP contribution >= 0.6 is 0 Å². The predicted molar refractivity (Wildman–Crippen MR) is 53.2 cm³/mol. The molecule has 0 saturated carbocycles. The van der Waals surface area contributed by atoms with E-state index in [4.69, 9.17) is 9.84 Å². The molecule has 0 unspecified atom stereocenters. The lowest BCUT2D eigenvalue weighted by atomic mass is 9.93. The van der Waals surface area contributed by atoms with E-state index in [1.165, 1.54) is 0 Å². The normalized spacial score (nSPS) is 18.6. The van der Waals surface area contributed by atoms with Crippen molar-refractivity contribution < 1.29 is 14.6 Å². The number of hydrogen-bond donors (Lipinski definition) is 2. The largest absolute Gasteiger partial charge is 0.481 e. The maximum absolute atomic E-state index is 10.6. The SMILES string of the molecule is C=C(C)CCOC1(CC(=O)O)CNC1. The number of rotatable bonds is 6. The molecule has 1 rings (SSSR count). The van der Waals surface area contributed by atoms with Crippen LogP contribution in [-0.2, 0) is 9.53 Å². The Bertz CT molecular complexity index is 234. The third-order valence-corrected chi connectivity index (χ3v) is 2.30. The van der Waals surface area contributed by atoms with E-state index >= 15 is 0 Å². The number of carbonyl (C=O) groups is 1. The first-order valence-electron chi connectivity index (χ1n) is 4.75. The fourth-order valence-electron chi connectivity index (χ4n) is 1.40. The minimum Gasteiger partial charge on any atom is -0.481 e. The average molecular weight is 199 g/mol. The molecule has 1 aliphatic rings. The van der Waals surface area contributed by atoms with Gasteiger partial charge in [-0.15, -0.1) is 6.58 Å². The lowest BCUT2D eigenvalue weighted by molar-refractivity contribution is -0.150. The standard InChI is InChI=1S/C10H17NO3/c1-8(2)3-4-14-10(5-9(12)13)6-11-7-10/h11H,1,3-7H2,2H3,(H,12,13). The molecule has 0 radical (unpaired) electrons. The molecule has 0 bridgehead atoms. The van der Waals surface area contributed by atoms with Crippen LogP contribution in [0.5, 0.6) is 0 Å². The van der Waals surface area contributed by atoms with Gasteiger partial charge in [-0.3, -0.25) is 4.79 Å². The van der Waals surface area contributed by atoms with Gasteiger partial charge in [-0.1, -0.05) is 5.57 Å². The topological polar surface area (TPSA) is 58.6 Å². The van der Waals surface area contributed by atoms with E-state index in [-0.39, 0.29) is 6.42 Å². The van der Waals surface area contributed by atoms with Crippen molar-refractivity contribution in [1.82, 2.24) is 5.32 Å². The Kier molecular flexibility index (Phi) is 3.66. The highest BCUT2D eigenvalue weighted by molar-refractivity contribution is 5.68. The lowest BCUT2D eigenvalue weighted by Gasteiger charge is -2.41. The van der Waals surface area contributed by atoms with Crippen molar-refractivity contribution in [2.45, 2.75) is 25.4 Å². The van der Waals surface area contributed by atoms with Gasteiger partial charge in [-0.05, 0) is 13.3 Å². The van der Waals surface area contributed by atoms with E-state index in [0.29, 0.717) is 19.7 Å². The van der Waals surface area contributed by atoms with Crippen LogP contribution in [0.25, 0.3) is 0 Å². The second-order valence-corrected chi connectivity index (χ2v) is 3.91. The summed E-state index contributed by atoms with van der Waals surface area (Å²) in [6, 6.07) is 0. The molecule has 14 heavy (non-hydrogen) atoms. The van der Waals surface area contributed by atoms with Gasteiger partial charge in [0.15, 0.2) is 0 Å². The molecule has 1 fully saturated rings. The summed E-state index contributed by atoms with van der Waals surface area (Å²) in [4.78, 5) is 10.6. The number of carboxylic acids is 1. The summed E-state index contributed by atoms with van der Waals surface area (Å²) < 4.78 is 5.58.